The molecule has 0 saturated carbocycles. The predicted molar refractivity (Wildman–Crippen MR) is 115 cm³/mol. The molecule has 0 radical (unpaired) electrons. The van der Waals surface area contributed by atoms with Crippen molar-refractivity contribution in [3.05, 3.63) is 72.4 Å². The molecule has 8 nitrogen and oxygen atoms in total. The molecule has 2 heterocycles. The van der Waals surface area contributed by atoms with Gasteiger partial charge in [-0.05, 0) is 35.9 Å². The van der Waals surface area contributed by atoms with Gasteiger partial charge in [0, 0.05) is 18.3 Å². The second-order valence-electron chi connectivity index (χ2n) is 6.78. The fraction of sp³-hybridized carbons (Fsp3) is 0.174. The molecule has 0 bridgehead atoms. The van der Waals surface area contributed by atoms with E-state index in [1.165, 1.54) is 0 Å². The third kappa shape index (κ3) is 4.58. The predicted octanol–water partition coefficient (Wildman–Crippen LogP) is 3.54. The summed E-state index contributed by atoms with van der Waals surface area (Å²) in [4.78, 5) is 16.9. The molecule has 0 fully saturated rings. The first-order valence-electron chi connectivity index (χ1n) is 9.70. The normalized spacial score (nSPS) is 10.6. The van der Waals surface area contributed by atoms with E-state index in [-0.39, 0.29) is 12.5 Å². The number of nitrogens with zero attached hydrogens (tertiary/aromatic N) is 3. The van der Waals surface area contributed by atoms with Crippen LogP contribution >= 0.6 is 0 Å². The summed E-state index contributed by atoms with van der Waals surface area (Å²) in [6.45, 7) is 0.615. The Morgan fingerprint density at radius 3 is 2.61 bits per heavy atom. The van der Waals surface area contributed by atoms with Gasteiger partial charge >= 0.3 is 0 Å². The fourth-order valence-electron chi connectivity index (χ4n) is 3.17. The van der Waals surface area contributed by atoms with Crippen LogP contribution in [0.2, 0.25) is 0 Å². The molecule has 0 unspecified atom stereocenters. The topological polar surface area (TPSA) is 91.4 Å². The smallest absolute Gasteiger partial charge is 0.274 e. The van der Waals surface area contributed by atoms with Crippen molar-refractivity contribution in [3.63, 3.8) is 0 Å². The molecule has 1 amide bonds. The molecule has 0 atom stereocenters. The first-order chi connectivity index (χ1) is 15.2. The first kappa shape index (κ1) is 20.2. The van der Waals surface area contributed by atoms with Gasteiger partial charge in [-0.3, -0.25) is 4.79 Å². The number of methoxy groups -OCH3 is 2. The molecule has 1 N–H and O–H groups in total. The van der Waals surface area contributed by atoms with Gasteiger partial charge in [0.25, 0.3) is 5.89 Å². The molecule has 31 heavy (non-hydrogen) atoms. The number of nitrogens with one attached hydrogen (secondary N) is 1. The Morgan fingerprint density at radius 2 is 1.84 bits per heavy atom. The summed E-state index contributed by atoms with van der Waals surface area (Å²) in [5, 5.41) is 6.99. The molecule has 8 heteroatoms. The SMILES string of the molecule is COc1ccc(-c2noc(-c3cccn3CC(=O)NCc3ccccc3)n2)cc1OC. The van der Waals surface area contributed by atoms with Crippen molar-refractivity contribution >= 4 is 5.91 Å². The van der Waals surface area contributed by atoms with Gasteiger partial charge in [0.05, 0.1) is 14.2 Å². The Labute approximate surface area is 179 Å². The largest absolute Gasteiger partial charge is 0.493 e. The highest BCUT2D eigenvalue weighted by Crippen LogP contribution is 2.32. The minimum atomic E-state index is -0.110. The average molecular weight is 418 g/mol. The van der Waals surface area contributed by atoms with Crippen molar-refractivity contribution in [1.29, 1.82) is 0 Å². The van der Waals surface area contributed by atoms with Crippen molar-refractivity contribution in [2.75, 3.05) is 14.2 Å². The summed E-state index contributed by atoms with van der Waals surface area (Å²) in [6, 6.07) is 18.8. The maximum atomic E-state index is 12.4. The van der Waals surface area contributed by atoms with Crippen LogP contribution in [0.3, 0.4) is 0 Å². The van der Waals surface area contributed by atoms with Gasteiger partial charge in [0.1, 0.15) is 12.2 Å². The van der Waals surface area contributed by atoms with Crippen LogP contribution in [0.5, 0.6) is 11.5 Å². The van der Waals surface area contributed by atoms with E-state index in [1.54, 1.807) is 37.1 Å². The highest BCUT2D eigenvalue weighted by Gasteiger charge is 2.16. The van der Waals surface area contributed by atoms with Crippen LogP contribution in [0.25, 0.3) is 23.0 Å². The number of aromatic nitrogens is 3. The standard InChI is InChI=1S/C23H22N4O4/c1-29-19-11-10-17(13-20(19)30-2)22-25-23(31-26-22)18-9-6-12-27(18)15-21(28)24-14-16-7-4-3-5-8-16/h3-13H,14-15H2,1-2H3,(H,24,28). The van der Waals surface area contributed by atoms with Crippen LogP contribution in [-0.4, -0.2) is 34.8 Å². The number of rotatable bonds is 8. The van der Waals surface area contributed by atoms with Gasteiger partial charge < -0.3 is 23.9 Å². The van der Waals surface area contributed by atoms with Crippen molar-refractivity contribution in [2.45, 2.75) is 13.1 Å². The van der Waals surface area contributed by atoms with E-state index in [9.17, 15) is 4.79 Å². The highest BCUT2D eigenvalue weighted by molar-refractivity contribution is 5.76. The Balaban J connectivity index is 1.48. The molecule has 158 valence electrons. The average Bonchev–Trinajstić information content (AvgIpc) is 3.47. The van der Waals surface area contributed by atoms with Gasteiger partial charge in [-0.2, -0.15) is 4.98 Å². The summed E-state index contributed by atoms with van der Waals surface area (Å²) in [5.74, 6) is 1.82. The molecule has 0 aliphatic heterocycles. The zero-order valence-corrected chi connectivity index (χ0v) is 17.2. The highest BCUT2D eigenvalue weighted by atomic mass is 16.5. The Hall–Kier alpha value is -4.07. The lowest BCUT2D eigenvalue weighted by atomic mass is 10.2. The van der Waals surface area contributed by atoms with Gasteiger partial charge in [-0.15, -0.1) is 0 Å². The van der Waals surface area contributed by atoms with Crippen LogP contribution < -0.4 is 14.8 Å². The molecule has 0 saturated heterocycles. The lowest BCUT2D eigenvalue weighted by molar-refractivity contribution is -0.121. The van der Waals surface area contributed by atoms with Crippen molar-refractivity contribution in [1.82, 2.24) is 20.0 Å². The zero-order chi connectivity index (χ0) is 21.6. The first-order valence-corrected chi connectivity index (χ1v) is 9.70. The lowest BCUT2D eigenvalue weighted by Gasteiger charge is -2.08. The van der Waals surface area contributed by atoms with Gasteiger partial charge in [0.15, 0.2) is 11.5 Å². The van der Waals surface area contributed by atoms with Crippen molar-refractivity contribution in [2.24, 2.45) is 0 Å². The molecule has 0 spiro atoms. The Kier molecular flexibility index (Phi) is 5.98. The van der Waals surface area contributed by atoms with E-state index in [0.717, 1.165) is 11.1 Å². The molecular formula is C23H22N4O4. The second kappa shape index (κ2) is 9.17. The van der Waals surface area contributed by atoms with Crippen LogP contribution in [0.4, 0.5) is 0 Å². The third-order valence-electron chi connectivity index (χ3n) is 4.76. The van der Waals surface area contributed by atoms with E-state index in [4.69, 9.17) is 14.0 Å². The molecule has 0 aliphatic rings. The van der Waals surface area contributed by atoms with Crippen molar-refractivity contribution < 1.29 is 18.8 Å². The Morgan fingerprint density at radius 1 is 1.03 bits per heavy atom. The molecule has 0 aliphatic carbocycles. The number of carbonyl (C=O) groups is 1. The molecule has 2 aromatic heterocycles. The number of ether oxygens (including phenoxy) is 2. The number of hydrogen-bond acceptors (Lipinski definition) is 6. The second-order valence-corrected chi connectivity index (χ2v) is 6.78. The van der Waals surface area contributed by atoms with E-state index >= 15 is 0 Å². The summed E-state index contributed by atoms with van der Waals surface area (Å²) in [6.07, 6.45) is 1.80. The quantitative estimate of drug-likeness (QED) is 0.471. The summed E-state index contributed by atoms with van der Waals surface area (Å²) in [7, 11) is 3.15. The third-order valence-corrected chi connectivity index (χ3v) is 4.76. The van der Waals surface area contributed by atoms with E-state index < -0.39 is 0 Å². The molecule has 2 aromatic carbocycles. The Bertz CT molecular complexity index is 1170. The maximum absolute atomic E-state index is 12.4. The van der Waals surface area contributed by atoms with Gasteiger partial charge in [-0.1, -0.05) is 35.5 Å². The number of benzene rings is 2. The van der Waals surface area contributed by atoms with Crippen LogP contribution in [0.1, 0.15) is 5.56 Å². The number of hydrogen-bond donors (Lipinski definition) is 1. The monoisotopic (exact) mass is 418 g/mol. The molecule has 4 aromatic rings. The molecular weight excluding hydrogens is 396 g/mol. The zero-order valence-electron chi connectivity index (χ0n) is 17.2. The van der Waals surface area contributed by atoms with E-state index in [2.05, 4.69) is 15.5 Å². The summed E-state index contributed by atoms with van der Waals surface area (Å²) < 4.78 is 17.8. The minimum absolute atomic E-state index is 0.110. The lowest BCUT2D eigenvalue weighted by Crippen LogP contribution is -2.27. The minimum Gasteiger partial charge on any atom is -0.493 e. The van der Waals surface area contributed by atoms with Crippen LogP contribution in [0.15, 0.2) is 71.4 Å². The van der Waals surface area contributed by atoms with Gasteiger partial charge in [0.2, 0.25) is 11.7 Å². The number of carbonyl (C=O) groups excluding carboxylic acids is 1. The maximum Gasteiger partial charge on any atom is 0.274 e. The van der Waals surface area contributed by atoms with Crippen LogP contribution in [-0.2, 0) is 17.9 Å². The van der Waals surface area contributed by atoms with Gasteiger partial charge in [-0.25, -0.2) is 0 Å². The van der Waals surface area contributed by atoms with Crippen LogP contribution in [0, 0.1) is 0 Å². The molecule has 4 rings (SSSR count). The summed E-state index contributed by atoms with van der Waals surface area (Å²) in [5.41, 5.74) is 2.43. The van der Waals surface area contributed by atoms with E-state index in [0.29, 0.717) is 35.5 Å². The number of amides is 1. The summed E-state index contributed by atoms with van der Waals surface area (Å²) >= 11 is 0. The van der Waals surface area contributed by atoms with E-state index in [1.807, 2.05) is 48.5 Å². The van der Waals surface area contributed by atoms with Crippen molar-refractivity contribution in [3.8, 4) is 34.5 Å². The fourth-order valence-corrected chi connectivity index (χ4v) is 3.17.